The van der Waals surface area contributed by atoms with Gasteiger partial charge in [0.2, 0.25) is 0 Å². The monoisotopic (exact) mass is 162 g/mol. The van der Waals surface area contributed by atoms with E-state index in [1.165, 1.54) is 0 Å². The molecule has 0 saturated carbocycles. The van der Waals surface area contributed by atoms with E-state index in [-0.39, 0.29) is 5.69 Å². The summed E-state index contributed by atoms with van der Waals surface area (Å²) in [5.74, 6) is 0. The molecule has 0 aliphatic rings. The number of hydrogen-bond donors (Lipinski definition) is 0. The Morgan fingerprint density at radius 3 is 2.82 bits per heavy atom. The lowest BCUT2D eigenvalue weighted by Crippen LogP contribution is -2.08. The van der Waals surface area contributed by atoms with Crippen molar-refractivity contribution >= 4 is 0 Å². The molecule has 1 aromatic heterocycles. The van der Waals surface area contributed by atoms with Crippen molar-refractivity contribution in [2.45, 2.75) is 19.6 Å². The molecule has 2 radical (unpaired) electrons. The second-order valence-corrected chi connectivity index (χ2v) is 1.91. The Hall–Kier alpha value is -1.00. The van der Waals surface area contributed by atoms with Crippen LogP contribution in [0.1, 0.15) is 5.69 Å². The van der Waals surface area contributed by atoms with E-state index in [2.05, 4.69) is 17.5 Å². The lowest BCUT2D eigenvalue weighted by molar-refractivity contribution is 0.124. The maximum Gasteiger partial charge on any atom is 0.256 e. The Kier molecular flexibility index (Phi) is 2.51. The van der Waals surface area contributed by atoms with E-state index < -0.39 is 19.6 Å². The first-order valence-electron chi connectivity index (χ1n) is 2.93. The van der Waals surface area contributed by atoms with E-state index in [0.717, 1.165) is 4.57 Å². The Bertz CT molecular complexity index is 221. The maximum atomic E-state index is 11.9. The quantitative estimate of drug-likeness (QED) is 0.653. The van der Waals surface area contributed by atoms with Crippen LogP contribution in [0.3, 0.4) is 0 Å². The van der Waals surface area contributed by atoms with Crippen molar-refractivity contribution in [1.82, 2.24) is 9.55 Å². The van der Waals surface area contributed by atoms with Gasteiger partial charge in [0, 0.05) is 0 Å². The zero-order valence-corrected chi connectivity index (χ0v) is 5.52. The highest BCUT2D eigenvalue weighted by Gasteiger charge is 2.08. The number of nitrogens with zero attached hydrogens (tertiary/aromatic N) is 2. The van der Waals surface area contributed by atoms with E-state index in [9.17, 15) is 13.2 Å². The summed E-state index contributed by atoms with van der Waals surface area (Å²) < 4.78 is 36.3. The highest BCUT2D eigenvalue weighted by Crippen LogP contribution is 2.03. The smallest absolute Gasteiger partial charge is 0.256 e. The standard InChI is InChI=1S/C6H5F3N2/c7-1-5-2-10-4-11(5)3-6(8)9/h6H,1,3H2. The SMILES string of the molecule is FCc1[c]n[c]n1CC(F)F. The van der Waals surface area contributed by atoms with Crippen LogP contribution in [0.2, 0.25) is 0 Å². The van der Waals surface area contributed by atoms with Crippen molar-refractivity contribution in [3.05, 3.63) is 18.2 Å². The van der Waals surface area contributed by atoms with Crippen LogP contribution in [-0.4, -0.2) is 16.0 Å². The fraction of sp³-hybridized carbons (Fsp3) is 0.500. The Labute approximate surface area is 61.7 Å². The highest BCUT2D eigenvalue weighted by molar-refractivity contribution is 4.93. The zero-order chi connectivity index (χ0) is 8.27. The molecule has 0 amide bonds. The molecule has 60 valence electrons. The van der Waals surface area contributed by atoms with Crippen LogP contribution in [0.5, 0.6) is 0 Å². The van der Waals surface area contributed by atoms with Crippen LogP contribution < -0.4 is 0 Å². The second kappa shape index (κ2) is 3.41. The topological polar surface area (TPSA) is 17.8 Å². The second-order valence-electron chi connectivity index (χ2n) is 1.91. The molecule has 0 aliphatic heterocycles. The number of rotatable bonds is 3. The summed E-state index contributed by atoms with van der Waals surface area (Å²) in [7, 11) is 0. The molecule has 0 spiro atoms. The number of alkyl halides is 3. The third kappa shape index (κ3) is 1.96. The number of aromatic nitrogens is 2. The third-order valence-corrected chi connectivity index (χ3v) is 1.13. The molecule has 2 nitrogen and oxygen atoms in total. The molecule has 5 heteroatoms. The Balaban J connectivity index is 2.68. The summed E-state index contributed by atoms with van der Waals surface area (Å²) in [6.07, 6.45) is 1.87. The van der Waals surface area contributed by atoms with Gasteiger partial charge in [0.25, 0.3) is 6.43 Å². The molecule has 0 aliphatic carbocycles. The molecule has 0 saturated heterocycles. The van der Waals surface area contributed by atoms with Crippen LogP contribution in [0, 0.1) is 12.5 Å². The predicted molar refractivity (Wildman–Crippen MR) is 30.7 cm³/mol. The van der Waals surface area contributed by atoms with Gasteiger partial charge in [0.15, 0.2) is 6.33 Å². The molecular formula is C6H5F3N2. The first kappa shape index (κ1) is 8.10. The molecular weight excluding hydrogens is 157 g/mol. The van der Waals surface area contributed by atoms with E-state index in [4.69, 9.17) is 0 Å². The van der Waals surface area contributed by atoms with Crippen LogP contribution in [-0.2, 0) is 13.2 Å². The van der Waals surface area contributed by atoms with Crippen LogP contribution in [0.25, 0.3) is 0 Å². The molecule has 0 aromatic carbocycles. The predicted octanol–water partition coefficient (Wildman–Crippen LogP) is 1.22. The van der Waals surface area contributed by atoms with E-state index in [1.54, 1.807) is 0 Å². The highest BCUT2D eigenvalue weighted by atomic mass is 19.3. The van der Waals surface area contributed by atoms with Crippen LogP contribution in [0.4, 0.5) is 13.2 Å². The average molecular weight is 162 g/mol. The van der Waals surface area contributed by atoms with Crippen molar-refractivity contribution in [1.29, 1.82) is 0 Å². The van der Waals surface area contributed by atoms with E-state index in [1.807, 2.05) is 0 Å². The summed E-state index contributed by atoms with van der Waals surface area (Å²) in [6.45, 7) is -1.42. The molecule has 0 fully saturated rings. The van der Waals surface area contributed by atoms with Gasteiger partial charge >= 0.3 is 0 Å². The minimum absolute atomic E-state index is 0.00491. The molecule has 0 atom stereocenters. The molecule has 0 unspecified atom stereocenters. The fourth-order valence-electron chi connectivity index (χ4n) is 0.662. The fourth-order valence-corrected chi connectivity index (χ4v) is 0.662. The van der Waals surface area contributed by atoms with Gasteiger partial charge in [-0.2, -0.15) is 0 Å². The van der Waals surface area contributed by atoms with Gasteiger partial charge in [0.05, 0.1) is 12.2 Å². The van der Waals surface area contributed by atoms with Crippen molar-refractivity contribution in [3.8, 4) is 0 Å². The van der Waals surface area contributed by atoms with Crippen LogP contribution >= 0.6 is 0 Å². The van der Waals surface area contributed by atoms with Crippen LogP contribution in [0.15, 0.2) is 0 Å². The minimum atomic E-state index is -2.51. The number of hydrogen-bond acceptors (Lipinski definition) is 1. The third-order valence-electron chi connectivity index (χ3n) is 1.13. The zero-order valence-electron chi connectivity index (χ0n) is 5.52. The first-order chi connectivity index (χ1) is 5.24. The van der Waals surface area contributed by atoms with Crippen molar-refractivity contribution in [2.24, 2.45) is 0 Å². The van der Waals surface area contributed by atoms with Crippen molar-refractivity contribution in [2.75, 3.05) is 0 Å². The lowest BCUT2D eigenvalue weighted by Gasteiger charge is -2.01. The Morgan fingerprint density at radius 1 is 1.55 bits per heavy atom. The summed E-state index contributed by atoms with van der Waals surface area (Å²) in [4.78, 5) is 3.29. The van der Waals surface area contributed by atoms with Gasteiger partial charge in [0.1, 0.15) is 12.9 Å². The van der Waals surface area contributed by atoms with Crippen molar-refractivity contribution in [3.63, 3.8) is 0 Å². The van der Waals surface area contributed by atoms with Gasteiger partial charge in [-0.3, -0.25) is 0 Å². The molecule has 0 bridgehead atoms. The first-order valence-corrected chi connectivity index (χ1v) is 2.93. The minimum Gasteiger partial charge on any atom is -0.317 e. The summed E-state index contributed by atoms with van der Waals surface area (Å²) >= 11 is 0. The number of halogens is 3. The van der Waals surface area contributed by atoms with E-state index >= 15 is 0 Å². The molecule has 0 N–H and O–H groups in total. The lowest BCUT2D eigenvalue weighted by atomic mass is 10.5. The van der Waals surface area contributed by atoms with Gasteiger partial charge in [-0.1, -0.05) is 0 Å². The maximum absolute atomic E-state index is 11.9. The largest absolute Gasteiger partial charge is 0.317 e. The van der Waals surface area contributed by atoms with Crippen molar-refractivity contribution < 1.29 is 13.2 Å². The van der Waals surface area contributed by atoms with E-state index in [0.29, 0.717) is 0 Å². The summed E-state index contributed by atoms with van der Waals surface area (Å²) in [5, 5.41) is 0. The normalized spacial score (nSPS) is 10.9. The molecule has 1 heterocycles. The molecule has 11 heavy (non-hydrogen) atoms. The van der Waals surface area contributed by atoms with Gasteiger partial charge in [-0.25, -0.2) is 18.2 Å². The average Bonchev–Trinajstić information content (AvgIpc) is 2.34. The Morgan fingerprint density at radius 2 is 2.27 bits per heavy atom. The number of imidazole rings is 1. The van der Waals surface area contributed by atoms with Gasteiger partial charge < -0.3 is 4.57 Å². The van der Waals surface area contributed by atoms with Gasteiger partial charge in [-0.15, -0.1) is 0 Å². The van der Waals surface area contributed by atoms with Gasteiger partial charge in [-0.05, 0) is 0 Å². The molecule has 1 rings (SSSR count). The summed E-state index contributed by atoms with van der Waals surface area (Å²) in [5.41, 5.74) is 0.00491. The summed E-state index contributed by atoms with van der Waals surface area (Å²) in [6, 6.07) is 0. The molecule has 1 aromatic rings.